The van der Waals surface area contributed by atoms with Crippen LogP contribution in [0.25, 0.3) is 0 Å². The fraction of sp³-hybridized carbons (Fsp3) is 1.00. The van der Waals surface area contributed by atoms with Gasteiger partial charge in [-0.3, -0.25) is 0 Å². The molecule has 1 rings (SSSR count). The van der Waals surface area contributed by atoms with Crippen LogP contribution in [0.3, 0.4) is 0 Å². The van der Waals surface area contributed by atoms with Gasteiger partial charge in [-0.25, -0.2) is 5.48 Å². The molecule has 1 fully saturated rings. The van der Waals surface area contributed by atoms with Crippen molar-refractivity contribution in [3.63, 3.8) is 0 Å². The van der Waals surface area contributed by atoms with E-state index in [1.165, 1.54) is 12.8 Å². The smallest absolute Gasteiger partial charge is 0.0236 e. The molecular formula is C6H15ClN2O. The average molecular weight is 167 g/mol. The molecule has 4 heteroatoms. The van der Waals surface area contributed by atoms with Crippen molar-refractivity contribution in [3.05, 3.63) is 0 Å². The van der Waals surface area contributed by atoms with Crippen LogP contribution in [0.1, 0.15) is 12.8 Å². The first-order valence-electron chi connectivity index (χ1n) is 3.51. The Labute approximate surface area is 67.6 Å². The maximum Gasteiger partial charge on any atom is 0.0236 e. The molecule has 0 bridgehead atoms. The Morgan fingerprint density at radius 3 is 2.50 bits per heavy atom. The van der Waals surface area contributed by atoms with E-state index in [0.29, 0.717) is 5.92 Å². The molecule has 0 unspecified atom stereocenters. The van der Waals surface area contributed by atoms with E-state index in [1.54, 1.807) is 0 Å². The summed E-state index contributed by atoms with van der Waals surface area (Å²) in [6, 6.07) is 0. The van der Waals surface area contributed by atoms with Crippen LogP contribution < -0.4 is 10.8 Å². The van der Waals surface area contributed by atoms with Gasteiger partial charge in [0.05, 0.1) is 0 Å². The number of hydrogen-bond donors (Lipinski definition) is 3. The van der Waals surface area contributed by atoms with Crippen LogP contribution >= 0.6 is 12.4 Å². The minimum Gasteiger partial charge on any atom is -0.317 e. The molecule has 10 heavy (non-hydrogen) atoms. The van der Waals surface area contributed by atoms with Crippen LogP contribution in [0.5, 0.6) is 0 Å². The summed E-state index contributed by atoms with van der Waals surface area (Å²) in [6.45, 7) is 2.96. The quantitative estimate of drug-likeness (QED) is 0.520. The SMILES string of the molecule is Cl.ONCC1CCNCC1. The van der Waals surface area contributed by atoms with Crippen molar-refractivity contribution in [3.8, 4) is 0 Å². The summed E-state index contributed by atoms with van der Waals surface area (Å²) in [5.41, 5.74) is 2.21. The van der Waals surface area contributed by atoms with Gasteiger partial charge in [0.2, 0.25) is 0 Å². The number of hydroxylamine groups is 1. The fourth-order valence-electron chi connectivity index (χ4n) is 1.21. The standard InChI is InChI=1S/C6H14N2O.ClH/c9-8-5-6-1-3-7-4-2-6;/h6-9H,1-5H2;1H. The zero-order valence-electron chi connectivity index (χ0n) is 5.97. The lowest BCUT2D eigenvalue weighted by Gasteiger charge is -2.21. The van der Waals surface area contributed by atoms with Crippen molar-refractivity contribution in [1.29, 1.82) is 0 Å². The number of rotatable bonds is 2. The summed E-state index contributed by atoms with van der Waals surface area (Å²) in [6.07, 6.45) is 2.38. The first kappa shape index (κ1) is 10.2. The summed E-state index contributed by atoms with van der Waals surface area (Å²) in [4.78, 5) is 0. The molecule has 0 radical (unpaired) electrons. The summed E-state index contributed by atoms with van der Waals surface area (Å²) in [5.74, 6) is 0.677. The molecule has 1 aliphatic rings. The number of nitrogens with one attached hydrogen (secondary N) is 2. The summed E-state index contributed by atoms with van der Waals surface area (Å²) >= 11 is 0. The number of halogens is 1. The van der Waals surface area contributed by atoms with Crippen molar-refractivity contribution in [2.75, 3.05) is 19.6 Å². The van der Waals surface area contributed by atoms with E-state index < -0.39 is 0 Å². The fourth-order valence-corrected chi connectivity index (χ4v) is 1.21. The molecule has 3 nitrogen and oxygen atoms in total. The Morgan fingerprint density at radius 1 is 1.40 bits per heavy atom. The third-order valence-corrected chi connectivity index (χ3v) is 1.84. The van der Waals surface area contributed by atoms with Gasteiger partial charge in [0, 0.05) is 6.54 Å². The second kappa shape index (κ2) is 5.92. The molecule has 0 spiro atoms. The van der Waals surface area contributed by atoms with Gasteiger partial charge in [0.25, 0.3) is 0 Å². The molecule has 1 saturated heterocycles. The molecule has 0 saturated carbocycles. The first-order valence-corrected chi connectivity index (χ1v) is 3.51. The molecule has 0 atom stereocenters. The van der Waals surface area contributed by atoms with Crippen molar-refractivity contribution in [2.45, 2.75) is 12.8 Å². The Kier molecular flexibility index (Phi) is 6.02. The van der Waals surface area contributed by atoms with E-state index >= 15 is 0 Å². The Bertz CT molecular complexity index is 73.4. The molecule has 1 heterocycles. The molecule has 0 amide bonds. The van der Waals surface area contributed by atoms with Crippen molar-refractivity contribution >= 4 is 12.4 Å². The van der Waals surface area contributed by atoms with E-state index in [-0.39, 0.29) is 12.4 Å². The van der Waals surface area contributed by atoms with Crippen molar-refractivity contribution in [1.82, 2.24) is 10.8 Å². The molecule has 3 N–H and O–H groups in total. The lowest BCUT2D eigenvalue weighted by Crippen LogP contribution is -2.32. The van der Waals surface area contributed by atoms with Gasteiger partial charge in [-0.2, -0.15) is 0 Å². The van der Waals surface area contributed by atoms with Crippen LogP contribution in [-0.2, 0) is 0 Å². The Hall–Kier alpha value is 0.170. The van der Waals surface area contributed by atoms with Crippen LogP contribution in [0, 0.1) is 5.92 Å². The van der Waals surface area contributed by atoms with Gasteiger partial charge < -0.3 is 10.5 Å². The highest BCUT2D eigenvalue weighted by molar-refractivity contribution is 5.85. The first-order chi connectivity index (χ1) is 4.43. The molecule has 62 valence electrons. The summed E-state index contributed by atoms with van der Waals surface area (Å²) in [5, 5.41) is 11.6. The largest absolute Gasteiger partial charge is 0.317 e. The van der Waals surface area contributed by atoms with E-state index in [1.807, 2.05) is 0 Å². The monoisotopic (exact) mass is 166 g/mol. The van der Waals surface area contributed by atoms with Crippen LogP contribution in [0.2, 0.25) is 0 Å². The van der Waals surface area contributed by atoms with Crippen LogP contribution in [0.4, 0.5) is 0 Å². The van der Waals surface area contributed by atoms with E-state index in [9.17, 15) is 0 Å². The van der Waals surface area contributed by atoms with Gasteiger partial charge in [0.1, 0.15) is 0 Å². The molecule has 0 aromatic rings. The van der Waals surface area contributed by atoms with E-state index in [4.69, 9.17) is 5.21 Å². The van der Waals surface area contributed by atoms with E-state index in [0.717, 1.165) is 19.6 Å². The normalized spacial score (nSPS) is 20.1. The Balaban J connectivity index is 0.000000810. The minimum atomic E-state index is 0. The van der Waals surface area contributed by atoms with Crippen molar-refractivity contribution < 1.29 is 5.21 Å². The zero-order valence-corrected chi connectivity index (χ0v) is 6.78. The molecular weight excluding hydrogens is 152 g/mol. The van der Waals surface area contributed by atoms with Crippen LogP contribution in [0.15, 0.2) is 0 Å². The zero-order chi connectivity index (χ0) is 6.53. The highest BCUT2D eigenvalue weighted by Crippen LogP contribution is 2.08. The van der Waals surface area contributed by atoms with Gasteiger partial charge in [-0.15, -0.1) is 12.4 Å². The number of piperidine rings is 1. The predicted molar refractivity (Wildman–Crippen MR) is 42.6 cm³/mol. The topological polar surface area (TPSA) is 44.3 Å². The van der Waals surface area contributed by atoms with Gasteiger partial charge >= 0.3 is 0 Å². The molecule has 0 aliphatic carbocycles. The minimum absolute atomic E-state index is 0. The third kappa shape index (κ3) is 3.37. The Morgan fingerprint density at radius 2 is 2.00 bits per heavy atom. The highest BCUT2D eigenvalue weighted by Gasteiger charge is 2.10. The summed E-state index contributed by atoms with van der Waals surface area (Å²) < 4.78 is 0. The lowest BCUT2D eigenvalue weighted by molar-refractivity contribution is 0.140. The third-order valence-electron chi connectivity index (χ3n) is 1.84. The summed E-state index contributed by atoms with van der Waals surface area (Å²) in [7, 11) is 0. The second-order valence-corrected chi connectivity index (χ2v) is 2.56. The van der Waals surface area contributed by atoms with Gasteiger partial charge in [0.15, 0.2) is 0 Å². The van der Waals surface area contributed by atoms with Gasteiger partial charge in [-0.1, -0.05) is 0 Å². The highest BCUT2D eigenvalue weighted by atomic mass is 35.5. The maximum absolute atomic E-state index is 8.35. The molecule has 0 aromatic carbocycles. The maximum atomic E-state index is 8.35. The molecule has 1 aliphatic heterocycles. The second-order valence-electron chi connectivity index (χ2n) is 2.56. The predicted octanol–water partition coefficient (Wildman–Crippen LogP) is 0.387. The lowest BCUT2D eigenvalue weighted by atomic mass is 9.99. The number of hydrogen-bond acceptors (Lipinski definition) is 3. The van der Waals surface area contributed by atoms with E-state index in [2.05, 4.69) is 10.8 Å². The van der Waals surface area contributed by atoms with Crippen molar-refractivity contribution in [2.24, 2.45) is 5.92 Å². The van der Waals surface area contributed by atoms with Crippen LogP contribution in [-0.4, -0.2) is 24.8 Å². The molecule has 0 aromatic heterocycles. The van der Waals surface area contributed by atoms with Gasteiger partial charge in [-0.05, 0) is 31.8 Å². The average Bonchev–Trinajstić information content (AvgIpc) is 1.91.